The zero-order valence-electron chi connectivity index (χ0n) is 16.7. The number of hydrazone groups is 1. The topological polar surface area (TPSA) is 87.8 Å². The lowest BCUT2D eigenvalue weighted by Crippen LogP contribution is -2.38. The molecule has 3 aromatic rings. The molecule has 1 aliphatic rings. The van der Waals surface area contributed by atoms with Crippen LogP contribution in [0.3, 0.4) is 0 Å². The molecule has 2 amide bonds. The number of non-ortho nitro benzene ring substituents is 1. The Morgan fingerprint density at radius 2 is 1.71 bits per heavy atom. The van der Waals surface area contributed by atoms with Crippen molar-refractivity contribution < 1.29 is 9.72 Å². The Labute approximate surface area is 184 Å². The highest BCUT2D eigenvalue weighted by Gasteiger charge is 2.42. The van der Waals surface area contributed by atoms with E-state index < -0.39 is 16.4 Å². The van der Waals surface area contributed by atoms with Gasteiger partial charge in [0.15, 0.2) is 0 Å². The van der Waals surface area contributed by atoms with E-state index in [1.54, 1.807) is 12.1 Å². The maximum atomic E-state index is 12.9. The van der Waals surface area contributed by atoms with Gasteiger partial charge in [0.2, 0.25) is 0 Å². The fraction of sp³-hybridized carbons (Fsp3) is 0.130. The molecule has 31 heavy (non-hydrogen) atoms. The van der Waals surface area contributed by atoms with Crippen LogP contribution in [0.1, 0.15) is 18.1 Å². The summed E-state index contributed by atoms with van der Waals surface area (Å²) < 4.78 is 0. The van der Waals surface area contributed by atoms with Gasteiger partial charge in [-0.05, 0) is 42.3 Å². The lowest BCUT2D eigenvalue weighted by Gasteiger charge is -2.27. The van der Waals surface area contributed by atoms with Gasteiger partial charge in [0, 0.05) is 22.8 Å². The summed E-state index contributed by atoms with van der Waals surface area (Å²) in [6.45, 7) is 2.39. The number of halogens is 1. The smallest absolute Gasteiger partial charge is 0.306 e. The van der Waals surface area contributed by atoms with E-state index in [4.69, 9.17) is 11.6 Å². The van der Waals surface area contributed by atoms with Gasteiger partial charge in [0.1, 0.15) is 0 Å². The minimum atomic E-state index is -0.526. The van der Waals surface area contributed by atoms with Crippen molar-refractivity contribution in [3.05, 3.63) is 105 Å². The molecule has 156 valence electrons. The predicted octanol–water partition coefficient (Wildman–Crippen LogP) is 5.46. The third-order valence-electron chi connectivity index (χ3n) is 5.30. The van der Waals surface area contributed by atoms with E-state index in [0.29, 0.717) is 17.3 Å². The Morgan fingerprint density at radius 1 is 1.06 bits per heavy atom. The highest BCUT2D eigenvalue weighted by Crippen LogP contribution is 2.35. The maximum absolute atomic E-state index is 12.9. The number of amides is 2. The first kappa shape index (κ1) is 20.6. The van der Waals surface area contributed by atoms with Gasteiger partial charge in [-0.1, -0.05) is 54.1 Å². The summed E-state index contributed by atoms with van der Waals surface area (Å²) >= 11 is 6.05. The second-order valence-corrected chi connectivity index (χ2v) is 7.88. The average Bonchev–Trinajstić information content (AvgIpc) is 3.14. The number of nitro groups is 1. The van der Waals surface area contributed by atoms with Crippen molar-refractivity contribution in [3.8, 4) is 0 Å². The molecule has 1 unspecified atom stereocenters. The second-order valence-electron chi connectivity index (χ2n) is 7.45. The molecule has 1 aliphatic heterocycles. The van der Waals surface area contributed by atoms with Gasteiger partial charge >= 0.3 is 6.03 Å². The minimum absolute atomic E-state index is 0.0427. The first-order valence-electron chi connectivity index (χ1n) is 9.60. The number of carbonyl (C=O) groups is 1. The van der Waals surface area contributed by atoms with Crippen molar-refractivity contribution in [1.29, 1.82) is 0 Å². The minimum Gasteiger partial charge on any atom is -0.306 e. The summed E-state index contributed by atoms with van der Waals surface area (Å²) in [4.78, 5) is 23.3. The lowest BCUT2D eigenvalue weighted by molar-refractivity contribution is -0.384. The van der Waals surface area contributed by atoms with Crippen LogP contribution in [0.15, 0.2) is 84.0 Å². The second kappa shape index (κ2) is 8.20. The Balaban J connectivity index is 1.64. The molecule has 0 saturated heterocycles. The third-order valence-corrected chi connectivity index (χ3v) is 5.55. The van der Waals surface area contributed by atoms with E-state index >= 15 is 0 Å². The van der Waals surface area contributed by atoms with Crippen molar-refractivity contribution in [2.24, 2.45) is 5.10 Å². The molecule has 8 heteroatoms. The maximum Gasteiger partial charge on any atom is 0.342 e. The summed E-state index contributed by atoms with van der Waals surface area (Å²) in [5.41, 5.74) is 2.55. The standard InChI is InChI=1S/C23H19ClN4O3/c1-23(17-5-3-2-4-6-17)15-27(26-21(23)16-7-9-18(24)10-8-16)22(29)25-19-11-13-20(14-12-19)28(30)31/h2-14H,15H2,1H3,(H,25,29). The Kier molecular flexibility index (Phi) is 5.44. The molecule has 0 fully saturated rings. The van der Waals surface area contributed by atoms with E-state index in [2.05, 4.69) is 17.3 Å². The largest absolute Gasteiger partial charge is 0.342 e. The van der Waals surface area contributed by atoms with Crippen LogP contribution in [0.25, 0.3) is 0 Å². The molecule has 4 rings (SSSR count). The summed E-state index contributed by atoms with van der Waals surface area (Å²) in [7, 11) is 0. The Bertz CT molecular complexity index is 1150. The van der Waals surface area contributed by atoms with Crippen molar-refractivity contribution in [3.63, 3.8) is 0 Å². The average molecular weight is 435 g/mol. The van der Waals surface area contributed by atoms with Gasteiger partial charge in [0.05, 0.1) is 22.6 Å². The van der Waals surface area contributed by atoms with Gasteiger partial charge < -0.3 is 5.32 Å². The van der Waals surface area contributed by atoms with E-state index in [9.17, 15) is 14.9 Å². The monoisotopic (exact) mass is 434 g/mol. The van der Waals surface area contributed by atoms with E-state index in [-0.39, 0.29) is 5.69 Å². The van der Waals surface area contributed by atoms with Crippen molar-refractivity contribution in [2.45, 2.75) is 12.3 Å². The van der Waals surface area contributed by atoms with E-state index in [1.807, 2.05) is 42.5 Å². The van der Waals surface area contributed by atoms with Gasteiger partial charge in [0.25, 0.3) is 5.69 Å². The molecular weight excluding hydrogens is 416 g/mol. The van der Waals surface area contributed by atoms with Crippen LogP contribution in [0, 0.1) is 10.1 Å². The number of anilines is 1. The van der Waals surface area contributed by atoms with Crippen LogP contribution in [-0.4, -0.2) is 28.2 Å². The molecule has 0 radical (unpaired) electrons. The van der Waals surface area contributed by atoms with Crippen LogP contribution in [-0.2, 0) is 5.41 Å². The number of benzene rings is 3. The van der Waals surface area contributed by atoms with Gasteiger partial charge in [-0.2, -0.15) is 5.10 Å². The van der Waals surface area contributed by atoms with Crippen molar-refractivity contribution in [1.82, 2.24) is 5.01 Å². The first-order valence-corrected chi connectivity index (χ1v) is 9.98. The number of nitro benzene ring substituents is 1. The molecule has 1 N–H and O–H groups in total. The van der Waals surface area contributed by atoms with Gasteiger partial charge in [-0.25, -0.2) is 9.80 Å². The number of nitrogens with one attached hydrogen (secondary N) is 1. The predicted molar refractivity (Wildman–Crippen MR) is 121 cm³/mol. The van der Waals surface area contributed by atoms with Gasteiger partial charge in [-0.15, -0.1) is 0 Å². The molecule has 0 aromatic heterocycles. The SMILES string of the molecule is CC1(c2ccccc2)CN(C(=O)Nc2ccc([N+](=O)[O-])cc2)N=C1c1ccc(Cl)cc1. The quantitative estimate of drug-likeness (QED) is 0.437. The fourth-order valence-corrected chi connectivity index (χ4v) is 3.76. The Morgan fingerprint density at radius 3 is 2.32 bits per heavy atom. The number of hydrogen-bond donors (Lipinski definition) is 1. The van der Waals surface area contributed by atoms with Crippen LogP contribution in [0.5, 0.6) is 0 Å². The van der Waals surface area contributed by atoms with Crippen LogP contribution in [0.2, 0.25) is 5.02 Å². The van der Waals surface area contributed by atoms with Crippen molar-refractivity contribution in [2.75, 3.05) is 11.9 Å². The van der Waals surface area contributed by atoms with Crippen LogP contribution in [0.4, 0.5) is 16.2 Å². The highest BCUT2D eigenvalue weighted by atomic mass is 35.5. The molecule has 7 nitrogen and oxygen atoms in total. The molecule has 1 atom stereocenters. The normalized spacial score (nSPS) is 17.9. The van der Waals surface area contributed by atoms with E-state index in [1.165, 1.54) is 29.3 Å². The molecular formula is C23H19ClN4O3. The summed E-state index contributed by atoms with van der Waals surface area (Å²) in [5.74, 6) is 0. The van der Waals surface area contributed by atoms with Crippen LogP contribution < -0.4 is 5.32 Å². The molecule has 1 heterocycles. The first-order chi connectivity index (χ1) is 14.9. The summed E-state index contributed by atoms with van der Waals surface area (Å²) in [6, 6.07) is 22.5. The third kappa shape index (κ3) is 4.13. The van der Waals surface area contributed by atoms with Crippen LogP contribution >= 0.6 is 11.6 Å². The van der Waals surface area contributed by atoms with E-state index in [0.717, 1.165) is 16.8 Å². The molecule has 0 saturated carbocycles. The molecule has 3 aromatic carbocycles. The number of carbonyl (C=O) groups excluding carboxylic acids is 1. The number of hydrogen-bond acceptors (Lipinski definition) is 4. The zero-order chi connectivity index (χ0) is 22.0. The van der Waals surface area contributed by atoms with Gasteiger partial charge in [-0.3, -0.25) is 10.1 Å². The summed E-state index contributed by atoms with van der Waals surface area (Å²) in [5, 5.41) is 20.2. The fourth-order valence-electron chi connectivity index (χ4n) is 3.63. The molecule has 0 bridgehead atoms. The lowest BCUT2D eigenvalue weighted by atomic mass is 9.76. The molecule has 0 aliphatic carbocycles. The summed E-state index contributed by atoms with van der Waals surface area (Å²) in [6.07, 6.45) is 0. The number of urea groups is 1. The zero-order valence-corrected chi connectivity index (χ0v) is 17.4. The van der Waals surface area contributed by atoms with Crippen molar-refractivity contribution >= 4 is 34.7 Å². The highest BCUT2D eigenvalue weighted by molar-refractivity contribution is 6.30. The Hall–Kier alpha value is -3.71. The number of nitrogens with zero attached hydrogens (tertiary/aromatic N) is 3. The number of rotatable bonds is 4. The molecule has 0 spiro atoms.